The van der Waals surface area contributed by atoms with Gasteiger partial charge in [0, 0.05) is 5.69 Å². The molecule has 0 radical (unpaired) electrons. The second-order valence-electron chi connectivity index (χ2n) is 4.65. The van der Waals surface area contributed by atoms with Crippen LogP contribution in [0, 0.1) is 0 Å². The Labute approximate surface area is 126 Å². The highest BCUT2D eigenvalue weighted by Crippen LogP contribution is 2.22. The van der Waals surface area contributed by atoms with E-state index in [2.05, 4.69) is 4.98 Å². The van der Waals surface area contributed by atoms with Crippen LogP contribution in [0.4, 0.5) is 5.69 Å². The third-order valence-electron chi connectivity index (χ3n) is 3.02. The van der Waals surface area contributed by atoms with E-state index in [1.165, 1.54) is 0 Å². The minimum Gasteiger partial charge on any atom is -0.458 e. The molecule has 3 rings (SSSR count). The number of nitrogens with two attached hydrogens (primary N) is 1. The number of carbonyl (C=O) groups excluding carboxylic acids is 1. The van der Waals surface area contributed by atoms with Crippen LogP contribution >= 0.6 is 11.3 Å². The van der Waals surface area contributed by atoms with Crippen LogP contribution in [-0.2, 0) is 22.6 Å². The lowest BCUT2D eigenvalue weighted by Crippen LogP contribution is -2.07. The topological polar surface area (TPSA) is 65.2 Å². The number of thiazole rings is 1. The van der Waals surface area contributed by atoms with Gasteiger partial charge in [0.25, 0.3) is 0 Å². The van der Waals surface area contributed by atoms with Crippen molar-refractivity contribution < 1.29 is 9.53 Å². The lowest BCUT2D eigenvalue weighted by Gasteiger charge is -2.03. The van der Waals surface area contributed by atoms with Crippen LogP contribution in [0.15, 0.2) is 48.5 Å². The smallest absolute Gasteiger partial charge is 0.310 e. The van der Waals surface area contributed by atoms with Crippen LogP contribution < -0.4 is 5.73 Å². The van der Waals surface area contributed by atoms with Gasteiger partial charge in [-0.15, -0.1) is 11.3 Å². The average molecular weight is 298 g/mol. The van der Waals surface area contributed by atoms with Crippen molar-refractivity contribution in [3.63, 3.8) is 0 Å². The van der Waals surface area contributed by atoms with E-state index in [-0.39, 0.29) is 19.0 Å². The predicted octanol–water partition coefficient (Wildman–Crippen LogP) is 3.16. The number of hydrogen-bond donors (Lipinski definition) is 1. The number of fused-ring (bicyclic) bond motifs is 1. The summed E-state index contributed by atoms with van der Waals surface area (Å²) in [6.07, 6.45) is 0.241. The van der Waals surface area contributed by atoms with Crippen molar-refractivity contribution in [1.82, 2.24) is 4.98 Å². The standard InChI is InChI=1S/C16H14N2O2S/c17-12-7-5-11(6-8-12)9-16(19)20-10-15-18-13-3-1-2-4-14(13)21-15/h1-8H,9-10,17H2. The van der Waals surface area contributed by atoms with Crippen LogP contribution in [-0.4, -0.2) is 11.0 Å². The molecule has 0 saturated heterocycles. The average Bonchev–Trinajstić information content (AvgIpc) is 2.90. The molecule has 21 heavy (non-hydrogen) atoms. The summed E-state index contributed by atoms with van der Waals surface area (Å²) in [4.78, 5) is 16.2. The zero-order valence-electron chi connectivity index (χ0n) is 11.3. The molecule has 2 N–H and O–H groups in total. The Balaban J connectivity index is 1.59. The fourth-order valence-corrected chi connectivity index (χ4v) is 2.86. The molecule has 4 nitrogen and oxygen atoms in total. The minimum atomic E-state index is -0.265. The minimum absolute atomic E-state index is 0.215. The molecular weight excluding hydrogens is 284 g/mol. The predicted molar refractivity (Wildman–Crippen MR) is 84.0 cm³/mol. The molecule has 0 aliphatic carbocycles. The number of ether oxygens (including phenoxy) is 1. The maximum atomic E-state index is 11.8. The summed E-state index contributed by atoms with van der Waals surface area (Å²) in [7, 11) is 0. The maximum absolute atomic E-state index is 11.8. The van der Waals surface area contributed by atoms with Gasteiger partial charge in [0.1, 0.15) is 11.6 Å². The maximum Gasteiger partial charge on any atom is 0.310 e. The highest BCUT2D eigenvalue weighted by atomic mass is 32.1. The number of rotatable bonds is 4. The third-order valence-corrected chi connectivity index (χ3v) is 4.03. The first-order chi connectivity index (χ1) is 10.2. The van der Waals surface area contributed by atoms with Gasteiger partial charge < -0.3 is 10.5 Å². The Morgan fingerprint density at radius 3 is 2.67 bits per heavy atom. The van der Waals surface area contributed by atoms with E-state index in [1.54, 1.807) is 23.5 Å². The molecule has 0 spiro atoms. The second-order valence-corrected chi connectivity index (χ2v) is 5.77. The zero-order chi connectivity index (χ0) is 14.7. The Bertz CT molecular complexity index is 732. The van der Waals surface area contributed by atoms with E-state index in [0.717, 1.165) is 20.8 Å². The monoisotopic (exact) mass is 298 g/mol. The van der Waals surface area contributed by atoms with Crippen LogP contribution in [0.3, 0.4) is 0 Å². The van der Waals surface area contributed by atoms with Gasteiger partial charge in [-0.1, -0.05) is 24.3 Å². The highest BCUT2D eigenvalue weighted by molar-refractivity contribution is 7.18. The number of aromatic nitrogens is 1. The van der Waals surface area contributed by atoms with Crippen molar-refractivity contribution in [2.24, 2.45) is 0 Å². The number of nitrogen functional groups attached to an aromatic ring is 1. The Morgan fingerprint density at radius 1 is 1.14 bits per heavy atom. The van der Waals surface area contributed by atoms with E-state index in [4.69, 9.17) is 10.5 Å². The second kappa shape index (κ2) is 5.93. The van der Waals surface area contributed by atoms with E-state index >= 15 is 0 Å². The van der Waals surface area contributed by atoms with E-state index < -0.39 is 0 Å². The molecule has 0 saturated carbocycles. The van der Waals surface area contributed by atoms with Crippen molar-refractivity contribution >= 4 is 33.2 Å². The van der Waals surface area contributed by atoms with Gasteiger partial charge in [-0.25, -0.2) is 4.98 Å². The van der Waals surface area contributed by atoms with Gasteiger partial charge in [0.2, 0.25) is 0 Å². The summed E-state index contributed by atoms with van der Waals surface area (Å²) in [6.45, 7) is 0.215. The van der Waals surface area contributed by atoms with Crippen molar-refractivity contribution in [2.75, 3.05) is 5.73 Å². The highest BCUT2D eigenvalue weighted by Gasteiger charge is 2.08. The summed E-state index contributed by atoms with van der Waals surface area (Å²) >= 11 is 1.54. The number of hydrogen-bond acceptors (Lipinski definition) is 5. The molecule has 5 heteroatoms. The van der Waals surface area contributed by atoms with Gasteiger partial charge in [0.15, 0.2) is 0 Å². The van der Waals surface area contributed by atoms with Crippen molar-refractivity contribution in [3.05, 3.63) is 59.1 Å². The molecule has 2 aromatic carbocycles. The number of nitrogens with zero attached hydrogens (tertiary/aromatic N) is 1. The summed E-state index contributed by atoms with van der Waals surface area (Å²) in [5, 5.41) is 0.807. The molecule has 0 aliphatic rings. The normalized spacial score (nSPS) is 10.7. The molecule has 0 unspecified atom stereocenters. The van der Waals surface area contributed by atoms with Crippen LogP contribution in [0.25, 0.3) is 10.2 Å². The quantitative estimate of drug-likeness (QED) is 0.593. The molecule has 1 heterocycles. The number of benzene rings is 2. The van der Waals surface area contributed by atoms with Gasteiger partial charge in [0.05, 0.1) is 16.6 Å². The third kappa shape index (κ3) is 3.38. The first-order valence-electron chi connectivity index (χ1n) is 6.55. The van der Waals surface area contributed by atoms with Crippen LogP contribution in [0.5, 0.6) is 0 Å². The number of anilines is 1. The van der Waals surface area contributed by atoms with Crippen LogP contribution in [0.1, 0.15) is 10.6 Å². The van der Waals surface area contributed by atoms with Gasteiger partial charge in [-0.05, 0) is 29.8 Å². The lowest BCUT2D eigenvalue weighted by atomic mass is 10.1. The van der Waals surface area contributed by atoms with Crippen molar-refractivity contribution in [2.45, 2.75) is 13.0 Å². The SMILES string of the molecule is Nc1ccc(CC(=O)OCc2nc3ccccc3s2)cc1. The molecule has 3 aromatic rings. The lowest BCUT2D eigenvalue weighted by molar-refractivity contribution is -0.144. The Kier molecular flexibility index (Phi) is 3.83. The van der Waals surface area contributed by atoms with E-state index in [9.17, 15) is 4.79 Å². The number of para-hydroxylation sites is 1. The Morgan fingerprint density at radius 2 is 1.90 bits per heavy atom. The molecule has 0 atom stereocenters. The van der Waals surface area contributed by atoms with Gasteiger partial charge >= 0.3 is 5.97 Å². The summed E-state index contributed by atoms with van der Waals surface area (Å²) < 4.78 is 6.37. The number of carbonyl (C=O) groups is 1. The molecule has 106 valence electrons. The van der Waals surface area contributed by atoms with E-state index in [1.807, 2.05) is 36.4 Å². The molecule has 0 amide bonds. The number of esters is 1. The van der Waals surface area contributed by atoms with Crippen molar-refractivity contribution in [1.29, 1.82) is 0 Å². The first kappa shape index (κ1) is 13.6. The Hall–Kier alpha value is -2.40. The fourth-order valence-electron chi connectivity index (χ4n) is 1.98. The first-order valence-corrected chi connectivity index (χ1v) is 7.37. The largest absolute Gasteiger partial charge is 0.458 e. The molecule has 0 fully saturated rings. The van der Waals surface area contributed by atoms with E-state index in [0.29, 0.717) is 5.69 Å². The van der Waals surface area contributed by atoms with Gasteiger partial charge in [-0.3, -0.25) is 4.79 Å². The summed E-state index contributed by atoms with van der Waals surface area (Å²) in [6, 6.07) is 15.1. The molecular formula is C16H14N2O2S. The summed E-state index contributed by atoms with van der Waals surface area (Å²) in [5.41, 5.74) is 8.11. The van der Waals surface area contributed by atoms with Crippen LogP contribution in [0.2, 0.25) is 0 Å². The van der Waals surface area contributed by atoms with Gasteiger partial charge in [-0.2, -0.15) is 0 Å². The molecule has 0 aliphatic heterocycles. The van der Waals surface area contributed by atoms with Crippen molar-refractivity contribution in [3.8, 4) is 0 Å². The zero-order valence-corrected chi connectivity index (χ0v) is 12.1. The molecule has 1 aromatic heterocycles. The fraction of sp³-hybridized carbons (Fsp3) is 0.125. The molecule has 0 bridgehead atoms. The summed E-state index contributed by atoms with van der Waals surface area (Å²) in [5.74, 6) is -0.265.